The van der Waals surface area contributed by atoms with Gasteiger partial charge < -0.3 is 0 Å². The Morgan fingerprint density at radius 1 is 0.722 bits per heavy atom. The molecule has 2 aliphatic rings. The first-order chi connectivity index (χ1) is 8.92. The van der Waals surface area contributed by atoms with Gasteiger partial charge in [-0.15, -0.1) is 0 Å². The van der Waals surface area contributed by atoms with Crippen molar-refractivity contribution in [3.05, 3.63) is 78.0 Å². The fourth-order valence-electron chi connectivity index (χ4n) is 1.94. The van der Waals surface area contributed by atoms with Crippen molar-refractivity contribution < 1.29 is 0 Å². The summed E-state index contributed by atoms with van der Waals surface area (Å²) in [7, 11) is 0. The molecule has 0 spiro atoms. The van der Waals surface area contributed by atoms with Crippen molar-refractivity contribution in [2.45, 2.75) is 0 Å². The minimum atomic E-state index is 1.00. The quantitative estimate of drug-likeness (QED) is 0.638. The van der Waals surface area contributed by atoms with Gasteiger partial charge in [-0.25, -0.2) is 4.98 Å². The fraction of sp³-hybridized carbons (Fsp3) is 0. The molecule has 0 saturated heterocycles. The highest BCUT2D eigenvalue weighted by Gasteiger charge is 2.03. The summed E-state index contributed by atoms with van der Waals surface area (Å²) in [6.45, 7) is 0. The first kappa shape index (κ1) is 10.7. The third-order valence-electron chi connectivity index (χ3n) is 2.85. The maximum absolute atomic E-state index is 4.58. The Kier molecular flexibility index (Phi) is 2.89. The zero-order chi connectivity index (χ0) is 12.2. The van der Waals surface area contributed by atoms with E-state index in [1.807, 2.05) is 42.5 Å². The summed E-state index contributed by atoms with van der Waals surface area (Å²) in [5.41, 5.74) is 4.40. The summed E-state index contributed by atoms with van der Waals surface area (Å²) < 4.78 is 0. The van der Waals surface area contributed by atoms with Crippen LogP contribution in [0.4, 0.5) is 0 Å². The van der Waals surface area contributed by atoms with Crippen LogP contribution in [0.15, 0.2) is 66.7 Å². The molecule has 0 radical (unpaired) electrons. The van der Waals surface area contributed by atoms with Crippen LogP contribution in [0.2, 0.25) is 0 Å². The van der Waals surface area contributed by atoms with Crippen LogP contribution in [0.3, 0.4) is 0 Å². The van der Waals surface area contributed by atoms with Crippen LogP contribution in [-0.4, -0.2) is 4.98 Å². The molecule has 86 valence electrons. The predicted molar refractivity (Wildman–Crippen MR) is 76.2 cm³/mol. The van der Waals surface area contributed by atoms with Gasteiger partial charge in [0.25, 0.3) is 0 Å². The van der Waals surface area contributed by atoms with E-state index < -0.39 is 0 Å². The van der Waals surface area contributed by atoms with Crippen LogP contribution in [-0.2, 0) is 0 Å². The topological polar surface area (TPSA) is 12.9 Å². The second-order valence-electron chi connectivity index (χ2n) is 4.18. The number of rotatable bonds is 2. The zero-order valence-electron chi connectivity index (χ0n) is 9.95. The van der Waals surface area contributed by atoms with E-state index in [4.69, 9.17) is 0 Å². The number of aromatic nitrogens is 1. The largest absolute Gasteiger partial charge is 0.248 e. The lowest BCUT2D eigenvalue weighted by Gasteiger charge is -1.89. The summed E-state index contributed by atoms with van der Waals surface area (Å²) in [4.78, 5) is 4.58. The molecule has 18 heavy (non-hydrogen) atoms. The van der Waals surface area contributed by atoms with E-state index in [9.17, 15) is 0 Å². The van der Waals surface area contributed by atoms with E-state index in [-0.39, 0.29) is 0 Å². The number of nitrogens with zero attached hydrogens (tertiary/aromatic N) is 1. The van der Waals surface area contributed by atoms with Gasteiger partial charge in [-0.1, -0.05) is 60.7 Å². The lowest BCUT2D eigenvalue weighted by atomic mass is 10.2. The summed E-state index contributed by atoms with van der Waals surface area (Å²) in [5, 5.41) is 0. The van der Waals surface area contributed by atoms with Crippen LogP contribution in [0.5, 0.6) is 0 Å². The van der Waals surface area contributed by atoms with Crippen molar-refractivity contribution in [3.63, 3.8) is 0 Å². The molecule has 0 unspecified atom stereocenters. The molecule has 0 bridgehead atoms. The average molecular weight is 231 g/mol. The Labute approximate surface area is 107 Å². The molecule has 1 aliphatic carbocycles. The van der Waals surface area contributed by atoms with E-state index >= 15 is 0 Å². The van der Waals surface area contributed by atoms with Crippen LogP contribution >= 0.6 is 0 Å². The van der Waals surface area contributed by atoms with E-state index in [1.54, 1.807) is 0 Å². The average Bonchev–Trinajstić information content (AvgIpc) is 2.68. The van der Waals surface area contributed by atoms with Crippen LogP contribution < -0.4 is 0 Å². The van der Waals surface area contributed by atoms with E-state index in [0.717, 1.165) is 11.4 Å². The Hall–Kier alpha value is -2.41. The van der Waals surface area contributed by atoms with Gasteiger partial charge in [0.2, 0.25) is 0 Å². The predicted octanol–water partition coefficient (Wildman–Crippen LogP) is 4.36. The van der Waals surface area contributed by atoms with Crippen molar-refractivity contribution >= 4 is 12.2 Å². The zero-order valence-corrected chi connectivity index (χ0v) is 9.95. The monoisotopic (exact) mass is 231 g/mol. The standard InChI is InChI=1S/C17H13N/c1-3-7-14(8-4-1)11-12-16-13-15-9-5-2-6-10-17(15)18-16/h1-13H/b12-11+. The molecule has 0 aromatic heterocycles. The van der Waals surface area contributed by atoms with Gasteiger partial charge in [-0.3, -0.25) is 0 Å². The highest BCUT2D eigenvalue weighted by atomic mass is 14.7. The van der Waals surface area contributed by atoms with Crippen LogP contribution in [0.1, 0.15) is 11.3 Å². The summed E-state index contributed by atoms with van der Waals surface area (Å²) in [6.07, 6.45) is 4.14. The van der Waals surface area contributed by atoms with Crippen LogP contribution in [0, 0.1) is 0 Å². The second-order valence-corrected chi connectivity index (χ2v) is 4.18. The molecule has 1 heteroatoms. The Bertz CT molecular complexity index is 610. The third-order valence-corrected chi connectivity index (χ3v) is 2.85. The normalized spacial score (nSPS) is 11.1. The molecule has 1 aromatic rings. The summed E-state index contributed by atoms with van der Waals surface area (Å²) in [6, 6.07) is 22.6. The van der Waals surface area contributed by atoms with Crippen molar-refractivity contribution in [2.24, 2.45) is 0 Å². The van der Waals surface area contributed by atoms with Gasteiger partial charge in [-0.05, 0) is 23.8 Å². The van der Waals surface area contributed by atoms with Crippen molar-refractivity contribution in [2.75, 3.05) is 0 Å². The Morgan fingerprint density at radius 2 is 1.44 bits per heavy atom. The number of benzene rings is 1. The number of hydrogen-bond acceptors (Lipinski definition) is 1. The summed E-state index contributed by atoms with van der Waals surface area (Å²) >= 11 is 0. The Balaban J connectivity index is 1.93. The van der Waals surface area contributed by atoms with Gasteiger partial charge in [-0.2, -0.15) is 0 Å². The second kappa shape index (κ2) is 4.84. The lowest BCUT2D eigenvalue weighted by molar-refractivity contribution is 1.38. The smallest absolute Gasteiger partial charge is 0.0710 e. The highest BCUT2D eigenvalue weighted by Crippen LogP contribution is 2.21. The molecule has 1 nitrogen and oxygen atoms in total. The molecule has 1 aliphatic heterocycles. The third kappa shape index (κ3) is 2.30. The summed E-state index contributed by atoms with van der Waals surface area (Å²) in [5.74, 6) is 0. The Morgan fingerprint density at radius 3 is 2.28 bits per heavy atom. The molecule has 0 saturated carbocycles. The molecule has 3 rings (SSSR count). The van der Waals surface area contributed by atoms with E-state index in [2.05, 4.69) is 41.4 Å². The molecule has 1 heterocycles. The van der Waals surface area contributed by atoms with Crippen LogP contribution in [0.25, 0.3) is 23.4 Å². The van der Waals surface area contributed by atoms with Crippen molar-refractivity contribution in [3.8, 4) is 11.3 Å². The first-order valence-corrected chi connectivity index (χ1v) is 6.01. The SMILES string of the molecule is C(=C\c1cc2cccccc-2n1)/c1ccccc1. The molecule has 0 atom stereocenters. The maximum Gasteiger partial charge on any atom is 0.0710 e. The minimum Gasteiger partial charge on any atom is -0.248 e. The molecule has 0 amide bonds. The van der Waals surface area contributed by atoms with Gasteiger partial charge in [0.05, 0.1) is 11.4 Å². The minimum absolute atomic E-state index is 1.00. The fourth-order valence-corrected chi connectivity index (χ4v) is 1.94. The van der Waals surface area contributed by atoms with Crippen molar-refractivity contribution in [1.82, 2.24) is 4.98 Å². The molecule has 1 aromatic carbocycles. The van der Waals surface area contributed by atoms with E-state index in [1.165, 1.54) is 11.1 Å². The van der Waals surface area contributed by atoms with Gasteiger partial charge in [0.1, 0.15) is 0 Å². The van der Waals surface area contributed by atoms with Gasteiger partial charge in [0.15, 0.2) is 0 Å². The molecule has 0 N–H and O–H groups in total. The van der Waals surface area contributed by atoms with Gasteiger partial charge in [0, 0.05) is 5.56 Å². The highest BCUT2D eigenvalue weighted by molar-refractivity contribution is 5.73. The maximum atomic E-state index is 4.58. The molecule has 0 fully saturated rings. The molecular weight excluding hydrogens is 218 g/mol. The molecular formula is C17H13N. The number of hydrogen-bond donors (Lipinski definition) is 0. The van der Waals surface area contributed by atoms with Crippen molar-refractivity contribution in [1.29, 1.82) is 0 Å². The first-order valence-electron chi connectivity index (χ1n) is 6.01. The number of fused-ring (bicyclic) bond motifs is 1. The van der Waals surface area contributed by atoms with Gasteiger partial charge >= 0.3 is 0 Å². The lowest BCUT2D eigenvalue weighted by Crippen LogP contribution is -1.71. The van der Waals surface area contributed by atoms with E-state index in [0.29, 0.717) is 0 Å².